The molecular formula is C18H35N3. The van der Waals surface area contributed by atoms with Gasteiger partial charge in [-0.05, 0) is 57.4 Å². The van der Waals surface area contributed by atoms with Crippen molar-refractivity contribution in [2.24, 2.45) is 5.73 Å². The molecule has 2 fully saturated rings. The largest absolute Gasteiger partial charge is 0.326 e. The van der Waals surface area contributed by atoms with Crippen molar-refractivity contribution in [1.82, 2.24) is 10.6 Å². The number of piperidine rings is 2. The molecule has 122 valence electrons. The SMILES string of the molecule is C.C1CCNCC1.C1CCNCC1.NCc1ccccc1. The second-order valence-corrected chi connectivity index (χ2v) is 5.31. The van der Waals surface area contributed by atoms with Gasteiger partial charge in [0.25, 0.3) is 0 Å². The topological polar surface area (TPSA) is 50.1 Å². The lowest BCUT2D eigenvalue weighted by atomic mass is 10.2. The minimum atomic E-state index is 0. The van der Waals surface area contributed by atoms with E-state index in [-0.39, 0.29) is 7.43 Å². The van der Waals surface area contributed by atoms with Crippen LogP contribution in [0.15, 0.2) is 30.3 Å². The smallest absolute Gasteiger partial charge is 0.0178 e. The molecule has 1 aromatic carbocycles. The molecule has 3 nitrogen and oxygen atoms in total. The summed E-state index contributed by atoms with van der Waals surface area (Å²) in [5.41, 5.74) is 6.54. The molecule has 2 aliphatic rings. The van der Waals surface area contributed by atoms with E-state index >= 15 is 0 Å². The Hall–Kier alpha value is -0.900. The summed E-state index contributed by atoms with van der Waals surface area (Å²) in [7, 11) is 0. The van der Waals surface area contributed by atoms with Crippen LogP contribution in [0.3, 0.4) is 0 Å². The average molecular weight is 293 g/mol. The highest BCUT2D eigenvalue weighted by Crippen LogP contribution is 1.97. The average Bonchev–Trinajstić information content (AvgIpc) is 2.60. The van der Waals surface area contributed by atoms with Crippen LogP contribution in [0.25, 0.3) is 0 Å². The number of rotatable bonds is 1. The van der Waals surface area contributed by atoms with Crippen molar-refractivity contribution >= 4 is 0 Å². The zero-order valence-corrected chi connectivity index (χ0v) is 12.7. The van der Waals surface area contributed by atoms with Crippen LogP contribution in [0.2, 0.25) is 0 Å². The van der Waals surface area contributed by atoms with E-state index in [1.54, 1.807) is 0 Å². The Morgan fingerprint density at radius 3 is 1.33 bits per heavy atom. The molecule has 0 aromatic heterocycles. The number of hydrogen-bond acceptors (Lipinski definition) is 3. The van der Waals surface area contributed by atoms with E-state index in [1.807, 2.05) is 30.3 Å². The van der Waals surface area contributed by atoms with E-state index in [0.29, 0.717) is 6.54 Å². The molecule has 3 heteroatoms. The van der Waals surface area contributed by atoms with E-state index in [9.17, 15) is 0 Å². The third kappa shape index (κ3) is 12.5. The van der Waals surface area contributed by atoms with Gasteiger partial charge in [0, 0.05) is 6.54 Å². The highest BCUT2D eigenvalue weighted by molar-refractivity contribution is 5.13. The predicted octanol–water partition coefficient (Wildman–Crippen LogP) is 3.30. The third-order valence-electron chi connectivity index (χ3n) is 3.49. The van der Waals surface area contributed by atoms with E-state index in [0.717, 1.165) is 0 Å². The fraction of sp³-hybridized carbons (Fsp3) is 0.667. The maximum absolute atomic E-state index is 5.35. The van der Waals surface area contributed by atoms with Gasteiger partial charge in [-0.25, -0.2) is 0 Å². The summed E-state index contributed by atoms with van der Waals surface area (Å²) in [6, 6.07) is 9.99. The standard InChI is InChI=1S/C7H9N.2C5H11N.CH4/c8-6-7-4-2-1-3-5-7;2*1-2-4-6-5-3-1;/h1-5H,6,8H2;2*6H,1-5H2;1H4. The molecule has 21 heavy (non-hydrogen) atoms. The molecule has 3 rings (SSSR count). The first-order valence-corrected chi connectivity index (χ1v) is 8.09. The van der Waals surface area contributed by atoms with Gasteiger partial charge in [-0.2, -0.15) is 0 Å². The van der Waals surface area contributed by atoms with Gasteiger partial charge in [-0.3, -0.25) is 0 Å². The maximum atomic E-state index is 5.35. The van der Waals surface area contributed by atoms with Crippen LogP contribution in [0.5, 0.6) is 0 Å². The predicted molar refractivity (Wildman–Crippen MR) is 94.5 cm³/mol. The monoisotopic (exact) mass is 293 g/mol. The van der Waals surface area contributed by atoms with Gasteiger partial charge in [-0.1, -0.05) is 50.6 Å². The Labute approximate surface area is 131 Å². The van der Waals surface area contributed by atoms with Gasteiger partial charge in [0.15, 0.2) is 0 Å². The van der Waals surface area contributed by atoms with Crippen molar-refractivity contribution in [2.75, 3.05) is 26.2 Å². The molecule has 2 saturated heterocycles. The number of benzene rings is 1. The van der Waals surface area contributed by atoms with E-state index < -0.39 is 0 Å². The van der Waals surface area contributed by atoms with Crippen LogP contribution in [-0.4, -0.2) is 26.2 Å². The van der Waals surface area contributed by atoms with Gasteiger partial charge >= 0.3 is 0 Å². The highest BCUT2D eigenvalue weighted by atomic mass is 14.9. The van der Waals surface area contributed by atoms with Crippen LogP contribution in [0, 0.1) is 0 Å². The molecule has 0 amide bonds. The quantitative estimate of drug-likeness (QED) is 0.744. The van der Waals surface area contributed by atoms with Gasteiger partial charge in [-0.15, -0.1) is 0 Å². The Morgan fingerprint density at radius 1 is 0.714 bits per heavy atom. The number of hydrogen-bond donors (Lipinski definition) is 3. The summed E-state index contributed by atoms with van der Waals surface area (Å²) in [5, 5.41) is 6.57. The van der Waals surface area contributed by atoms with Crippen molar-refractivity contribution in [3.05, 3.63) is 35.9 Å². The van der Waals surface area contributed by atoms with Crippen molar-refractivity contribution in [3.8, 4) is 0 Å². The lowest BCUT2D eigenvalue weighted by Gasteiger charge is -2.08. The van der Waals surface area contributed by atoms with Gasteiger partial charge in [0.2, 0.25) is 0 Å². The van der Waals surface area contributed by atoms with E-state index in [4.69, 9.17) is 5.73 Å². The van der Waals surface area contributed by atoms with Gasteiger partial charge < -0.3 is 16.4 Å². The zero-order valence-electron chi connectivity index (χ0n) is 12.7. The molecule has 0 saturated carbocycles. The number of nitrogens with two attached hydrogens (primary N) is 1. The Bertz CT molecular complexity index is 258. The van der Waals surface area contributed by atoms with Crippen LogP contribution in [0.4, 0.5) is 0 Å². The molecule has 2 aliphatic heterocycles. The molecule has 0 atom stereocenters. The molecule has 0 spiro atoms. The van der Waals surface area contributed by atoms with Gasteiger partial charge in [0.05, 0.1) is 0 Å². The summed E-state index contributed by atoms with van der Waals surface area (Å²) >= 11 is 0. The highest BCUT2D eigenvalue weighted by Gasteiger charge is 1.94. The van der Waals surface area contributed by atoms with Crippen molar-refractivity contribution < 1.29 is 0 Å². The second-order valence-electron chi connectivity index (χ2n) is 5.31. The molecule has 2 heterocycles. The van der Waals surface area contributed by atoms with Crippen LogP contribution in [-0.2, 0) is 6.54 Å². The minimum absolute atomic E-state index is 0. The first kappa shape index (κ1) is 20.1. The first-order valence-electron chi connectivity index (χ1n) is 8.09. The zero-order chi connectivity index (χ0) is 14.3. The normalized spacial score (nSPS) is 17.2. The van der Waals surface area contributed by atoms with Crippen LogP contribution in [0.1, 0.15) is 51.5 Å². The Morgan fingerprint density at radius 2 is 1.14 bits per heavy atom. The van der Waals surface area contributed by atoms with E-state index in [1.165, 1.54) is 70.3 Å². The summed E-state index contributed by atoms with van der Waals surface area (Å²) in [4.78, 5) is 0. The van der Waals surface area contributed by atoms with Crippen molar-refractivity contribution in [1.29, 1.82) is 0 Å². The summed E-state index contributed by atoms with van der Waals surface area (Å²) in [6.07, 6.45) is 8.43. The lowest BCUT2D eigenvalue weighted by Crippen LogP contribution is -2.21. The van der Waals surface area contributed by atoms with Crippen LogP contribution >= 0.6 is 0 Å². The first-order chi connectivity index (χ1) is 9.93. The van der Waals surface area contributed by atoms with Gasteiger partial charge in [0.1, 0.15) is 0 Å². The molecule has 0 bridgehead atoms. The second kappa shape index (κ2) is 15.5. The fourth-order valence-electron chi connectivity index (χ4n) is 2.22. The van der Waals surface area contributed by atoms with E-state index in [2.05, 4.69) is 10.6 Å². The third-order valence-corrected chi connectivity index (χ3v) is 3.49. The molecule has 0 aliphatic carbocycles. The summed E-state index contributed by atoms with van der Waals surface area (Å²) in [5.74, 6) is 0. The Balaban J connectivity index is 0.000000283. The molecule has 0 unspecified atom stereocenters. The van der Waals surface area contributed by atoms with Crippen molar-refractivity contribution in [3.63, 3.8) is 0 Å². The number of nitrogens with one attached hydrogen (secondary N) is 2. The Kier molecular flexibility index (Phi) is 14.8. The molecule has 1 aromatic rings. The fourth-order valence-corrected chi connectivity index (χ4v) is 2.22. The van der Waals surface area contributed by atoms with Crippen molar-refractivity contribution in [2.45, 2.75) is 52.5 Å². The molecule has 0 radical (unpaired) electrons. The summed E-state index contributed by atoms with van der Waals surface area (Å²) in [6.45, 7) is 5.64. The molecular weight excluding hydrogens is 258 g/mol. The minimum Gasteiger partial charge on any atom is -0.326 e. The molecule has 4 N–H and O–H groups in total. The van der Waals surface area contributed by atoms with Crippen LogP contribution < -0.4 is 16.4 Å². The lowest BCUT2D eigenvalue weighted by molar-refractivity contribution is 0.520. The maximum Gasteiger partial charge on any atom is 0.0178 e. The summed E-state index contributed by atoms with van der Waals surface area (Å²) < 4.78 is 0.